The monoisotopic (exact) mass is 231 g/mol. The molecule has 0 radical (unpaired) electrons. The van der Waals surface area contributed by atoms with Crippen LogP contribution in [-0.2, 0) is 0 Å². The summed E-state index contributed by atoms with van der Waals surface area (Å²) in [5.41, 5.74) is 1.58. The van der Waals surface area contributed by atoms with Gasteiger partial charge in [-0.25, -0.2) is 0 Å². The molecule has 2 atom stereocenters. The second kappa shape index (κ2) is 4.19. The lowest BCUT2D eigenvalue weighted by Crippen LogP contribution is -2.33. The number of hydrogen-bond acceptors (Lipinski definition) is 2. The fourth-order valence-electron chi connectivity index (χ4n) is 2.76. The maximum Gasteiger partial charge on any atom is 0.0345 e. The van der Waals surface area contributed by atoms with E-state index in [9.17, 15) is 0 Å². The molecule has 1 saturated heterocycles. The van der Waals surface area contributed by atoms with Gasteiger partial charge in [0.2, 0.25) is 0 Å². The van der Waals surface area contributed by atoms with Crippen LogP contribution < -0.4 is 5.32 Å². The van der Waals surface area contributed by atoms with Crippen LogP contribution in [0.4, 0.5) is 0 Å². The van der Waals surface area contributed by atoms with Crippen molar-refractivity contribution in [3.63, 3.8) is 0 Å². The first-order valence-corrected chi connectivity index (χ1v) is 6.91. The maximum absolute atomic E-state index is 3.48. The third kappa shape index (κ3) is 1.66. The van der Waals surface area contributed by atoms with Gasteiger partial charge in [-0.1, -0.05) is 25.1 Å². The van der Waals surface area contributed by atoms with Crippen LogP contribution in [0.5, 0.6) is 0 Å². The summed E-state index contributed by atoms with van der Waals surface area (Å²) in [5.74, 6) is 1.50. The largest absolute Gasteiger partial charge is 0.316 e. The van der Waals surface area contributed by atoms with E-state index in [0.29, 0.717) is 0 Å². The highest BCUT2D eigenvalue weighted by Gasteiger charge is 2.24. The van der Waals surface area contributed by atoms with Crippen LogP contribution >= 0.6 is 11.3 Å². The Bertz CT molecular complexity index is 488. The summed E-state index contributed by atoms with van der Waals surface area (Å²) in [6.07, 6.45) is 1.28. The summed E-state index contributed by atoms with van der Waals surface area (Å²) in [7, 11) is 0. The molecule has 16 heavy (non-hydrogen) atoms. The third-order valence-corrected chi connectivity index (χ3v) is 4.68. The third-order valence-electron chi connectivity index (χ3n) is 3.70. The summed E-state index contributed by atoms with van der Waals surface area (Å²) < 4.78 is 1.43. The number of benzene rings is 1. The molecule has 1 nitrogen and oxygen atoms in total. The standard InChI is InChI=1S/C14H17NS/c1-10-8-15-7-6-11(10)13-9-16-14-5-3-2-4-12(13)14/h2-5,9-11,15H,6-8H2,1H3. The zero-order valence-corrected chi connectivity index (χ0v) is 10.4. The van der Waals surface area contributed by atoms with Gasteiger partial charge in [0, 0.05) is 4.70 Å². The average Bonchev–Trinajstić information content (AvgIpc) is 2.74. The van der Waals surface area contributed by atoms with Crippen molar-refractivity contribution in [3.8, 4) is 0 Å². The van der Waals surface area contributed by atoms with E-state index >= 15 is 0 Å². The molecule has 2 heterocycles. The molecule has 1 aromatic heterocycles. The Balaban J connectivity index is 2.04. The van der Waals surface area contributed by atoms with Gasteiger partial charge in [-0.15, -0.1) is 11.3 Å². The predicted molar refractivity (Wildman–Crippen MR) is 71.2 cm³/mol. The molecule has 0 aliphatic carbocycles. The van der Waals surface area contributed by atoms with Gasteiger partial charge in [-0.05, 0) is 53.7 Å². The molecular formula is C14H17NS. The van der Waals surface area contributed by atoms with Crippen LogP contribution in [0.15, 0.2) is 29.6 Å². The second-order valence-electron chi connectivity index (χ2n) is 4.76. The quantitative estimate of drug-likeness (QED) is 0.790. The van der Waals surface area contributed by atoms with Crippen molar-refractivity contribution < 1.29 is 0 Å². The summed E-state index contributed by atoms with van der Waals surface area (Å²) in [5, 5.41) is 7.33. The number of nitrogens with one attached hydrogen (secondary N) is 1. The van der Waals surface area contributed by atoms with Crippen molar-refractivity contribution in [2.75, 3.05) is 13.1 Å². The van der Waals surface area contributed by atoms with Gasteiger partial charge in [-0.2, -0.15) is 0 Å². The Morgan fingerprint density at radius 3 is 3.06 bits per heavy atom. The van der Waals surface area contributed by atoms with Crippen LogP contribution in [-0.4, -0.2) is 13.1 Å². The van der Waals surface area contributed by atoms with Crippen molar-refractivity contribution in [1.82, 2.24) is 5.32 Å². The van der Waals surface area contributed by atoms with Crippen molar-refractivity contribution in [2.24, 2.45) is 5.92 Å². The SMILES string of the molecule is CC1CNCCC1c1csc2ccccc12. The average molecular weight is 231 g/mol. The first kappa shape index (κ1) is 10.3. The lowest BCUT2D eigenvalue weighted by molar-refractivity contribution is 0.351. The number of rotatable bonds is 1. The fraction of sp³-hybridized carbons (Fsp3) is 0.429. The first-order chi connectivity index (χ1) is 7.86. The van der Waals surface area contributed by atoms with E-state index in [-0.39, 0.29) is 0 Å². The molecule has 1 fully saturated rings. The maximum atomic E-state index is 3.48. The van der Waals surface area contributed by atoms with Gasteiger partial charge < -0.3 is 5.32 Å². The van der Waals surface area contributed by atoms with E-state index in [1.807, 2.05) is 11.3 Å². The van der Waals surface area contributed by atoms with Crippen LogP contribution in [0.25, 0.3) is 10.1 Å². The van der Waals surface area contributed by atoms with Crippen molar-refractivity contribution in [2.45, 2.75) is 19.3 Å². The van der Waals surface area contributed by atoms with E-state index < -0.39 is 0 Å². The van der Waals surface area contributed by atoms with Crippen molar-refractivity contribution in [3.05, 3.63) is 35.2 Å². The lowest BCUT2D eigenvalue weighted by atomic mass is 9.82. The van der Waals surface area contributed by atoms with Gasteiger partial charge >= 0.3 is 0 Å². The lowest BCUT2D eigenvalue weighted by Gasteiger charge is -2.29. The molecule has 1 aliphatic heterocycles. The van der Waals surface area contributed by atoms with Gasteiger partial charge in [0.15, 0.2) is 0 Å². The predicted octanol–water partition coefficient (Wildman–Crippen LogP) is 3.61. The minimum absolute atomic E-state index is 0.748. The van der Waals surface area contributed by atoms with E-state index in [0.717, 1.165) is 18.4 Å². The zero-order valence-electron chi connectivity index (χ0n) is 9.57. The smallest absolute Gasteiger partial charge is 0.0345 e. The van der Waals surface area contributed by atoms with Gasteiger partial charge in [-0.3, -0.25) is 0 Å². The molecular weight excluding hydrogens is 214 g/mol. The summed E-state index contributed by atoms with van der Waals surface area (Å²) in [6, 6.07) is 8.80. The normalized spacial score (nSPS) is 26.1. The number of thiophene rings is 1. The molecule has 1 aliphatic rings. The molecule has 1 N–H and O–H groups in total. The Morgan fingerprint density at radius 2 is 2.19 bits per heavy atom. The molecule has 84 valence electrons. The molecule has 2 unspecified atom stereocenters. The van der Waals surface area contributed by atoms with E-state index in [2.05, 4.69) is 41.9 Å². The molecule has 1 aromatic carbocycles. The minimum atomic E-state index is 0.748. The Labute approximate surface area is 100 Å². The van der Waals surface area contributed by atoms with Crippen LogP contribution in [0.1, 0.15) is 24.8 Å². The van der Waals surface area contributed by atoms with Gasteiger partial charge in [0.05, 0.1) is 0 Å². The molecule has 0 amide bonds. The van der Waals surface area contributed by atoms with E-state index in [1.54, 1.807) is 5.56 Å². The van der Waals surface area contributed by atoms with Crippen LogP contribution in [0.2, 0.25) is 0 Å². The minimum Gasteiger partial charge on any atom is -0.316 e. The topological polar surface area (TPSA) is 12.0 Å². The highest BCUT2D eigenvalue weighted by atomic mass is 32.1. The molecule has 2 aromatic rings. The molecule has 0 spiro atoms. The molecule has 2 heteroatoms. The van der Waals surface area contributed by atoms with E-state index in [1.165, 1.54) is 23.1 Å². The Morgan fingerprint density at radius 1 is 1.31 bits per heavy atom. The highest BCUT2D eigenvalue weighted by Crippen LogP contribution is 2.37. The van der Waals surface area contributed by atoms with E-state index in [4.69, 9.17) is 0 Å². The molecule has 0 saturated carbocycles. The van der Waals surface area contributed by atoms with Crippen molar-refractivity contribution >= 4 is 21.4 Å². The molecule has 3 rings (SSSR count). The zero-order chi connectivity index (χ0) is 11.0. The van der Waals surface area contributed by atoms with Crippen molar-refractivity contribution in [1.29, 1.82) is 0 Å². The van der Waals surface area contributed by atoms with Gasteiger partial charge in [0.25, 0.3) is 0 Å². The van der Waals surface area contributed by atoms with Gasteiger partial charge in [0.1, 0.15) is 0 Å². The number of hydrogen-bond donors (Lipinski definition) is 1. The highest BCUT2D eigenvalue weighted by molar-refractivity contribution is 7.17. The summed E-state index contributed by atoms with van der Waals surface area (Å²) in [4.78, 5) is 0. The number of piperidine rings is 1. The summed E-state index contributed by atoms with van der Waals surface area (Å²) in [6.45, 7) is 4.69. The molecule has 0 bridgehead atoms. The Hall–Kier alpha value is -0.860. The second-order valence-corrected chi connectivity index (χ2v) is 5.68. The summed E-state index contributed by atoms with van der Waals surface area (Å²) >= 11 is 1.89. The first-order valence-electron chi connectivity index (χ1n) is 6.03. The van der Waals surface area contributed by atoms with Crippen LogP contribution in [0.3, 0.4) is 0 Å². The fourth-order valence-corrected chi connectivity index (χ4v) is 3.79. The number of fused-ring (bicyclic) bond motifs is 1. The Kier molecular flexibility index (Phi) is 2.70. The van der Waals surface area contributed by atoms with Crippen LogP contribution in [0, 0.1) is 5.92 Å².